The van der Waals surface area contributed by atoms with Crippen LogP contribution in [0.15, 0.2) is 66.3 Å². The molecule has 2 aliphatic carbocycles. The number of allylic oxidation sites excluding steroid dienone is 1. The fourth-order valence-corrected chi connectivity index (χ4v) is 9.69. The summed E-state index contributed by atoms with van der Waals surface area (Å²) in [6.07, 6.45) is 12.7. The minimum atomic E-state index is -0.673. The molecule has 4 N–H and O–H groups in total. The number of fused-ring (bicyclic) bond motifs is 1. The van der Waals surface area contributed by atoms with Gasteiger partial charge >= 0.3 is 5.97 Å². The first-order chi connectivity index (χ1) is 24.6. The first kappa shape index (κ1) is 35.7. The van der Waals surface area contributed by atoms with Gasteiger partial charge in [0.2, 0.25) is 5.95 Å². The van der Waals surface area contributed by atoms with Crippen molar-refractivity contribution < 1.29 is 29.6 Å². The molecule has 3 aliphatic heterocycles. The van der Waals surface area contributed by atoms with Gasteiger partial charge in [-0.25, -0.2) is 19.7 Å². The monoisotopic (exact) mass is 700 g/mol. The molecule has 7 rings (SSSR count). The van der Waals surface area contributed by atoms with E-state index in [2.05, 4.69) is 32.1 Å². The summed E-state index contributed by atoms with van der Waals surface area (Å²) in [7, 11) is 0. The van der Waals surface area contributed by atoms with Gasteiger partial charge in [0.25, 0.3) is 0 Å². The van der Waals surface area contributed by atoms with Crippen LogP contribution in [0.3, 0.4) is 0 Å². The predicted molar refractivity (Wildman–Crippen MR) is 193 cm³/mol. The molecule has 5 unspecified atom stereocenters. The van der Waals surface area contributed by atoms with E-state index >= 15 is 0 Å². The Morgan fingerprint density at radius 1 is 1.12 bits per heavy atom. The zero-order valence-electron chi connectivity index (χ0n) is 29.8. The second-order valence-corrected chi connectivity index (χ2v) is 15.5. The van der Waals surface area contributed by atoms with E-state index in [0.29, 0.717) is 54.7 Å². The molecule has 5 heterocycles. The fourth-order valence-electron chi connectivity index (χ4n) is 9.69. The highest BCUT2D eigenvalue weighted by Crippen LogP contribution is 2.62. The van der Waals surface area contributed by atoms with Crippen molar-refractivity contribution in [2.45, 2.75) is 76.6 Å². The van der Waals surface area contributed by atoms with Gasteiger partial charge in [0, 0.05) is 55.2 Å². The van der Waals surface area contributed by atoms with Gasteiger partial charge in [0.05, 0.1) is 50.2 Å². The Balaban J connectivity index is 1.21. The molecule has 274 valence electrons. The van der Waals surface area contributed by atoms with Crippen molar-refractivity contribution in [2.75, 3.05) is 56.3 Å². The summed E-state index contributed by atoms with van der Waals surface area (Å²) >= 11 is 0. The average Bonchev–Trinajstić information content (AvgIpc) is 3.78. The summed E-state index contributed by atoms with van der Waals surface area (Å²) in [5.74, 6) is 1.18. The molecule has 12 nitrogen and oxygen atoms in total. The van der Waals surface area contributed by atoms with Crippen LogP contribution >= 0.6 is 0 Å². The van der Waals surface area contributed by atoms with Gasteiger partial charge in [-0.1, -0.05) is 32.1 Å². The number of nitrogens with zero attached hydrogens (tertiary/aromatic N) is 5. The summed E-state index contributed by atoms with van der Waals surface area (Å²) in [6, 6.07) is 5.28. The second kappa shape index (κ2) is 14.7. The molecule has 2 saturated heterocycles. The smallest absolute Gasteiger partial charge is 0.341 e. The number of hydrogen-bond donors (Lipinski definition) is 4. The maximum Gasteiger partial charge on any atom is 0.341 e. The number of carbonyl (C=O) groups excluding carboxylic acids is 1. The number of hydrogen-bond acceptors (Lipinski definition) is 12. The summed E-state index contributed by atoms with van der Waals surface area (Å²) in [6.45, 7) is 12.8. The highest BCUT2D eigenvalue weighted by molar-refractivity contribution is 5.95. The summed E-state index contributed by atoms with van der Waals surface area (Å²) < 4.78 is 11.6. The highest BCUT2D eigenvalue weighted by atomic mass is 16.5. The maximum absolute atomic E-state index is 13.7. The third-order valence-corrected chi connectivity index (χ3v) is 12.7. The van der Waals surface area contributed by atoms with Crippen molar-refractivity contribution >= 4 is 23.8 Å². The largest absolute Gasteiger partial charge is 0.423 e. The van der Waals surface area contributed by atoms with Crippen LogP contribution in [0, 0.1) is 22.7 Å². The van der Waals surface area contributed by atoms with Crippen molar-refractivity contribution in [1.29, 1.82) is 0 Å². The van der Waals surface area contributed by atoms with Crippen molar-refractivity contribution in [3.63, 3.8) is 0 Å². The lowest BCUT2D eigenvalue weighted by atomic mass is 9.45. The molecular formula is C39H52N6O6. The summed E-state index contributed by atoms with van der Waals surface area (Å²) in [5.41, 5.74) is 1.36. The number of rotatable bonds is 10. The quantitative estimate of drug-likeness (QED) is 0.212. The lowest BCUT2D eigenvalue weighted by molar-refractivity contribution is -0.163. The number of cyclic esters (lactones) is 1. The highest BCUT2D eigenvalue weighted by Gasteiger charge is 2.60. The molecule has 0 bridgehead atoms. The maximum atomic E-state index is 13.7. The van der Waals surface area contributed by atoms with E-state index in [-0.39, 0.29) is 42.5 Å². The van der Waals surface area contributed by atoms with Gasteiger partial charge in [-0.05, 0) is 80.1 Å². The topological polar surface area (TPSA) is 153 Å². The molecule has 2 aromatic heterocycles. The number of aliphatic hydroxyl groups is 3. The van der Waals surface area contributed by atoms with Crippen LogP contribution in [-0.2, 0) is 14.3 Å². The van der Waals surface area contributed by atoms with Crippen molar-refractivity contribution in [2.24, 2.45) is 22.7 Å². The minimum Gasteiger partial charge on any atom is -0.423 e. The van der Waals surface area contributed by atoms with E-state index in [9.17, 15) is 20.1 Å². The number of esters is 1. The molecule has 0 aromatic carbocycles. The Morgan fingerprint density at radius 3 is 2.61 bits per heavy atom. The molecule has 0 radical (unpaired) electrons. The molecule has 51 heavy (non-hydrogen) atoms. The molecule has 0 spiro atoms. The van der Waals surface area contributed by atoms with Crippen LogP contribution in [0.25, 0.3) is 6.08 Å². The third-order valence-electron chi connectivity index (χ3n) is 12.7. The number of morpholine rings is 1. The predicted octanol–water partition coefficient (Wildman–Crippen LogP) is 3.58. The molecule has 5 aliphatic rings. The molecular weight excluding hydrogens is 648 g/mol. The fraction of sp³-hybridized carbons (Fsp3) is 0.590. The van der Waals surface area contributed by atoms with Crippen LogP contribution in [0.2, 0.25) is 0 Å². The summed E-state index contributed by atoms with van der Waals surface area (Å²) in [5, 5.41) is 35.4. The zero-order chi connectivity index (χ0) is 35.8. The molecule has 8 atom stereocenters. The van der Waals surface area contributed by atoms with Gasteiger partial charge in [0.15, 0.2) is 0 Å². The van der Waals surface area contributed by atoms with Gasteiger partial charge < -0.3 is 35.0 Å². The Labute approximate surface area is 300 Å². The normalized spacial score (nSPS) is 34.3. The second-order valence-electron chi connectivity index (χ2n) is 15.5. The Hall–Kier alpha value is -3.68. The van der Waals surface area contributed by atoms with E-state index in [0.717, 1.165) is 50.9 Å². The first-order valence-corrected chi connectivity index (χ1v) is 18.5. The minimum absolute atomic E-state index is 0.0220. The Bertz CT molecular complexity index is 1630. The zero-order valence-corrected chi connectivity index (χ0v) is 29.8. The Morgan fingerprint density at radius 2 is 1.90 bits per heavy atom. The standard InChI is InChI=1S/C39H52N6O6/c1-25-30(38(2)10-9-34(48)39(3,24-47)33(38)20-32(25)44-13-15-50-16-14-44)19-31(43-35-8-4-5-11-40-35)29-18-28(51-36(29)49)17-26-21-41-37(42-22-26)45-12-6-7-27(45)23-46/h4-5,8,11,17-18,21-22,27,30-34,46-48H,1,6-7,9-10,12-16,19-20,23-24H2,2-3H3,(H,40,43)/b28-17+/t27?,30?,31?,32?,33?,34-,38-,39+/m1/s1. The third kappa shape index (κ3) is 6.84. The van der Waals surface area contributed by atoms with E-state index in [1.54, 1.807) is 30.7 Å². The van der Waals surface area contributed by atoms with Crippen LogP contribution in [0.4, 0.5) is 11.8 Å². The lowest BCUT2D eigenvalue weighted by Crippen LogP contribution is -2.62. The van der Waals surface area contributed by atoms with E-state index in [1.165, 1.54) is 0 Å². The number of pyridine rings is 1. The molecule has 0 amide bonds. The molecule has 12 heteroatoms. The number of aromatic nitrogens is 3. The number of carbonyl (C=O) groups is 1. The first-order valence-electron chi connectivity index (χ1n) is 18.5. The number of anilines is 2. The lowest BCUT2D eigenvalue weighted by Gasteiger charge is -2.62. The van der Waals surface area contributed by atoms with Crippen molar-refractivity contribution in [3.05, 3.63) is 71.9 Å². The van der Waals surface area contributed by atoms with E-state index < -0.39 is 23.5 Å². The number of nitrogens with one attached hydrogen (secondary N) is 1. The van der Waals surface area contributed by atoms with E-state index in [1.807, 2.05) is 30.0 Å². The van der Waals surface area contributed by atoms with Crippen molar-refractivity contribution in [1.82, 2.24) is 19.9 Å². The van der Waals surface area contributed by atoms with Gasteiger partial charge in [0.1, 0.15) is 11.6 Å². The van der Waals surface area contributed by atoms with E-state index in [4.69, 9.17) is 16.1 Å². The number of ether oxygens (including phenoxy) is 2. The molecule has 2 saturated carbocycles. The van der Waals surface area contributed by atoms with Gasteiger partial charge in [-0.15, -0.1) is 0 Å². The number of aliphatic hydroxyl groups excluding tert-OH is 3. The van der Waals surface area contributed by atoms with Crippen LogP contribution in [-0.4, -0.2) is 111 Å². The van der Waals surface area contributed by atoms with Gasteiger partial charge in [-0.3, -0.25) is 4.90 Å². The van der Waals surface area contributed by atoms with Crippen LogP contribution < -0.4 is 10.2 Å². The van der Waals surface area contributed by atoms with Crippen LogP contribution in [0.1, 0.15) is 57.9 Å². The van der Waals surface area contributed by atoms with Gasteiger partial charge in [-0.2, -0.15) is 0 Å². The molecule has 4 fully saturated rings. The Kier molecular flexibility index (Phi) is 10.3. The average molecular weight is 701 g/mol. The van der Waals surface area contributed by atoms with Crippen LogP contribution in [0.5, 0.6) is 0 Å². The molecule has 2 aromatic rings. The van der Waals surface area contributed by atoms with Crippen molar-refractivity contribution in [3.8, 4) is 0 Å². The SMILES string of the molecule is C=C1C(N2CCOCC2)CC2[C@](C)(CC[C@@H](O)[C@@]2(C)CO)C1CC(Nc1ccccn1)C1=C/C(=C\c2cnc(N3CCCC3CO)nc2)OC1=O. The summed E-state index contributed by atoms with van der Waals surface area (Å²) in [4.78, 5) is 31.9.